The second-order valence-corrected chi connectivity index (χ2v) is 6.81. The van der Waals surface area contributed by atoms with E-state index in [0.29, 0.717) is 0 Å². The number of hydrogen-bond donors (Lipinski definition) is 2. The normalized spacial score (nSPS) is 22.1. The van der Waals surface area contributed by atoms with Crippen LogP contribution in [0.15, 0.2) is 24.3 Å². The predicted octanol–water partition coefficient (Wildman–Crippen LogP) is 1.84. The lowest BCUT2D eigenvalue weighted by atomic mass is 10.1. The van der Waals surface area contributed by atoms with Crippen molar-refractivity contribution in [2.75, 3.05) is 49.1 Å². The van der Waals surface area contributed by atoms with E-state index in [0.717, 1.165) is 67.4 Å². The van der Waals surface area contributed by atoms with Crippen molar-refractivity contribution in [3.8, 4) is 0 Å². The van der Waals surface area contributed by atoms with Gasteiger partial charge >= 0.3 is 0 Å². The van der Waals surface area contributed by atoms with Crippen molar-refractivity contribution in [1.29, 1.82) is 0 Å². The van der Waals surface area contributed by atoms with Gasteiger partial charge in [0.1, 0.15) is 5.82 Å². The zero-order chi connectivity index (χ0) is 15.8. The molecule has 0 bridgehead atoms. The zero-order valence-electron chi connectivity index (χ0n) is 13.1. The Kier molecular flexibility index (Phi) is 4.01. The molecule has 0 spiro atoms. The van der Waals surface area contributed by atoms with Crippen molar-refractivity contribution < 1.29 is 0 Å². The number of benzene rings is 1. The monoisotopic (exact) mass is 331 g/mol. The molecule has 2 aliphatic heterocycles. The number of piperazine rings is 1. The summed E-state index contributed by atoms with van der Waals surface area (Å²) >= 11 is 6.51. The first-order valence-electron chi connectivity index (χ1n) is 8.27. The van der Waals surface area contributed by atoms with Crippen molar-refractivity contribution in [3.63, 3.8) is 0 Å². The highest BCUT2D eigenvalue weighted by Gasteiger charge is 2.20. The fourth-order valence-corrected chi connectivity index (χ4v) is 3.72. The molecule has 1 aromatic carbocycles. The molecule has 5 nitrogen and oxygen atoms in total. The lowest BCUT2D eigenvalue weighted by Gasteiger charge is -2.29. The van der Waals surface area contributed by atoms with Crippen molar-refractivity contribution in [2.45, 2.75) is 12.5 Å². The summed E-state index contributed by atoms with van der Waals surface area (Å²) in [6.07, 6.45) is 1.05. The minimum Gasteiger partial charge on any atom is -0.370 e. The Labute approximate surface area is 141 Å². The Balaban J connectivity index is 1.67. The second kappa shape index (κ2) is 6.15. The van der Waals surface area contributed by atoms with E-state index in [1.807, 2.05) is 6.07 Å². The minimum atomic E-state index is 0.280. The van der Waals surface area contributed by atoms with Gasteiger partial charge in [-0.1, -0.05) is 11.6 Å². The van der Waals surface area contributed by atoms with Gasteiger partial charge in [0.25, 0.3) is 0 Å². The Bertz CT molecular complexity index is 713. The fraction of sp³-hybridized carbons (Fsp3) is 0.471. The van der Waals surface area contributed by atoms with Gasteiger partial charge < -0.3 is 20.9 Å². The summed E-state index contributed by atoms with van der Waals surface area (Å²) in [7, 11) is 0. The molecule has 1 atom stereocenters. The number of fused-ring (bicyclic) bond motifs is 1. The molecule has 3 heterocycles. The molecule has 4 rings (SSSR count). The Morgan fingerprint density at radius 2 is 1.96 bits per heavy atom. The van der Waals surface area contributed by atoms with E-state index in [-0.39, 0.29) is 6.04 Å². The van der Waals surface area contributed by atoms with Gasteiger partial charge in [-0.2, -0.15) is 0 Å². The third kappa shape index (κ3) is 2.96. The van der Waals surface area contributed by atoms with Gasteiger partial charge in [0.2, 0.25) is 0 Å². The van der Waals surface area contributed by atoms with Gasteiger partial charge in [-0.15, -0.1) is 0 Å². The summed E-state index contributed by atoms with van der Waals surface area (Å²) < 4.78 is 0. The highest BCUT2D eigenvalue weighted by atomic mass is 35.5. The first kappa shape index (κ1) is 15.0. The number of nitrogens with zero attached hydrogens (tertiary/aromatic N) is 3. The molecule has 1 aromatic heterocycles. The Morgan fingerprint density at radius 3 is 2.70 bits per heavy atom. The number of pyridine rings is 1. The fourth-order valence-electron chi connectivity index (χ4n) is 3.44. The Hall–Kier alpha value is -1.56. The lowest BCUT2D eigenvalue weighted by Crippen LogP contribution is -2.44. The summed E-state index contributed by atoms with van der Waals surface area (Å²) in [4.78, 5) is 9.40. The van der Waals surface area contributed by atoms with Crippen LogP contribution in [0.2, 0.25) is 5.02 Å². The molecule has 2 fully saturated rings. The molecule has 0 amide bonds. The molecule has 0 radical (unpaired) electrons. The van der Waals surface area contributed by atoms with E-state index >= 15 is 0 Å². The molecular weight excluding hydrogens is 310 g/mol. The van der Waals surface area contributed by atoms with Crippen LogP contribution < -0.4 is 20.9 Å². The second-order valence-electron chi connectivity index (χ2n) is 6.40. The van der Waals surface area contributed by atoms with Crippen LogP contribution in [0.4, 0.5) is 11.5 Å². The molecule has 2 aromatic rings. The van der Waals surface area contributed by atoms with Crippen LogP contribution in [-0.4, -0.2) is 50.3 Å². The van der Waals surface area contributed by atoms with E-state index in [4.69, 9.17) is 22.3 Å². The number of hydrogen-bond acceptors (Lipinski definition) is 5. The summed E-state index contributed by atoms with van der Waals surface area (Å²) in [5.41, 5.74) is 8.22. The molecule has 0 unspecified atom stereocenters. The van der Waals surface area contributed by atoms with Gasteiger partial charge in [-0.3, -0.25) is 0 Å². The van der Waals surface area contributed by atoms with Crippen molar-refractivity contribution >= 4 is 34.0 Å². The van der Waals surface area contributed by atoms with E-state index in [9.17, 15) is 0 Å². The maximum absolute atomic E-state index is 6.51. The third-order valence-corrected chi connectivity index (χ3v) is 5.02. The molecular formula is C17H22ClN5. The van der Waals surface area contributed by atoms with Crippen LogP contribution in [-0.2, 0) is 0 Å². The molecule has 23 heavy (non-hydrogen) atoms. The Morgan fingerprint density at radius 1 is 1.13 bits per heavy atom. The van der Waals surface area contributed by atoms with Crippen molar-refractivity contribution in [3.05, 3.63) is 29.3 Å². The summed E-state index contributed by atoms with van der Waals surface area (Å²) in [6, 6.07) is 8.73. The predicted molar refractivity (Wildman–Crippen MR) is 96.6 cm³/mol. The summed E-state index contributed by atoms with van der Waals surface area (Å²) in [6.45, 7) is 5.79. The zero-order valence-corrected chi connectivity index (χ0v) is 13.9. The first-order valence-corrected chi connectivity index (χ1v) is 8.65. The van der Waals surface area contributed by atoms with E-state index in [1.54, 1.807) is 0 Å². The quantitative estimate of drug-likeness (QED) is 0.879. The number of anilines is 2. The van der Waals surface area contributed by atoms with Crippen LogP contribution in [0, 0.1) is 0 Å². The molecule has 3 N–H and O–H groups in total. The first-order chi connectivity index (χ1) is 11.2. The van der Waals surface area contributed by atoms with Gasteiger partial charge in [-0.05, 0) is 30.7 Å². The summed E-state index contributed by atoms with van der Waals surface area (Å²) in [5, 5.41) is 5.18. The maximum atomic E-state index is 6.51. The topological polar surface area (TPSA) is 57.4 Å². The highest BCUT2D eigenvalue weighted by Crippen LogP contribution is 2.31. The van der Waals surface area contributed by atoms with Gasteiger partial charge in [0, 0.05) is 56.4 Å². The van der Waals surface area contributed by atoms with Crippen LogP contribution in [0.25, 0.3) is 10.9 Å². The number of halogens is 1. The van der Waals surface area contributed by atoms with Crippen LogP contribution >= 0.6 is 11.6 Å². The molecule has 6 heteroatoms. The van der Waals surface area contributed by atoms with Crippen molar-refractivity contribution in [2.24, 2.45) is 5.73 Å². The molecule has 0 aliphatic carbocycles. The SMILES string of the molecule is N[C@@H]1CCN(c2ccc3nc(N4CCNCC4)c(Cl)cc3c2)C1. The van der Waals surface area contributed by atoms with Gasteiger partial charge in [-0.25, -0.2) is 4.98 Å². The summed E-state index contributed by atoms with van der Waals surface area (Å²) in [5.74, 6) is 0.900. The smallest absolute Gasteiger partial charge is 0.148 e. The molecule has 2 saturated heterocycles. The van der Waals surface area contributed by atoms with E-state index < -0.39 is 0 Å². The average molecular weight is 332 g/mol. The molecule has 0 saturated carbocycles. The third-order valence-electron chi connectivity index (χ3n) is 4.74. The maximum Gasteiger partial charge on any atom is 0.148 e. The molecule has 122 valence electrons. The van der Waals surface area contributed by atoms with Crippen LogP contribution in [0.5, 0.6) is 0 Å². The number of aromatic nitrogens is 1. The standard InChI is InChI=1S/C17H22ClN5/c18-15-10-12-9-14(23-6-3-13(19)11-23)1-2-16(12)21-17(15)22-7-4-20-5-8-22/h1-2,9-10,13,20H,3-8,11,19H2/t13-/m1/s1. The number of nitrogens with one attached hydrogen (secondary N) is 1. The number of nitrogens with two attached hydrogens (primary N) is 1. The van der Waals surface area contributed by atoms with Crippen molar-refractivity contribution in [1.82, 2.24) is 10.3 Å². The highest BCUT2D eigenvalue weighted by molar-refractivity contribution is 6.33. The van der Waals surface area contributed by atoms with E-state index in [2.05, 4.69) is 33.3 Å². The van der Waals surface area contributed by atoms with E-state index in [1.165, 1.54) is 5.69 Å². The minimum absolute atomic E-state index is 0.280. The van der Waals surface area contributed by atoms with Gasteiger partial charge in [0.05, 0.1) is 10.5 Å². The largest absolute Gasteiger partial charge is 0.370 e. The number of rotatable bonds is 2. The molecule has 2 aliphatic rings. The van der Waals surface area contributed by atoms with Crippen LogP contribution in [0.3, 0.4) is 0 Å². The average Bonchev–Trinajstić information content (AvgIpc) is 3.01. The van der Waals surface area contributed by atoms with Gasteiger partial charge in [0.15, 0.2) is 0 Å². The lowest BCUT2D eigenvalue weighted by molar-refractivity contribution is 0.585. The van der Waals surface area contributed by atoms with Crippen LogP contribution in [0.1, 0.15) is 6.42 Å².